The predicted octanol–water partition coefficient (Wildman–Crippen LogP) is 4.45. The lowest BCUT2D eigenvalue weighted by molar-refractivity contribution is -0.0912. The lowest BCUT2D eigenvalue weighted by Crippen LogP contribution is -2.28. The van der Waals surface area contributed by atoms with Crippen LogP contribution in [0.2, 0.25) is 0 Å². The third kappa shape index (κ3) is 5.29. The van der Waals surface area contributed by atoms with Crippen LogP contribution in [0.25, 0.3) is 0 Å². The molecule has 1 fully saturated rings. The summed E-state index contributed by atoms with van der Waals surface area (Å²) in [6.07, 6.45) is 7.81. The van der Waals surface area contributed by atoms with Crippen molar-refractivity contribution in [2.24, 2.45) is 0 Å². The Bertz CT molecular complexity index is 506. The average molecular weight is 306 g/mol. The van der Waals surface area contributed by atoms with Gasteiger partial charge >= 0.3 is 0 Å². The quantitative estimate of drug-likeness (QED) is 0.674. The minimum Gasteiger partial charge on any atom is -0.493 e. The Morgan fingerprint density at radius 2 is 1.95 bits per heavy atom. The van der Waals surface area contributed by atoms with Crippen LogP contribution in [0, 0.1) is 10.4 Å². The lowest BCUT2D eigenvalue weighted by Gasteiger charge is -2.22. The average Bonchev–Trinajstić information content (AvgIpc) is 2.53. The Labute approximate surface area is 134 Å². The highest BCUT2D eigenvalue weighted by molar-refractivity contribution is 5.38. The van der Waals surface area contributed by atoms with Crippen molar-refractivity contribution in [3.05, 3.63) is 28.6 Å². The molecule has 3 rings (SSSR count). The zero-order valence-corrected chi connectivity index (χ0v) is 14.1. The van der Waals surface area contributed by atoms with Gasteiger partial charge in [0.2, 0.25) is 0 Å². The summed E-state index contributed by atoms with van der Waals surface area (Å²) in [6.45, 7) is 7.64. The van der Waals surface area contributed by atoms with Crippen LogP contribution in [-0.2, 0) is 9.47 Å². The number of unbranched alkanes of at least 4 members (excludes halogenated alkanes) is 3. The van der Waals surface area contributed by atoms with Crippen LogP contribution >= 0.6 is 0 Å². The zero-order chi connectivity index (χ0) is 15.6. The van der Waals surface area contributed by atoms with E-state index in [2.05, 4.69) is 32.0 Å². The Kier molecular flexibility index (Phi) is 7.75. The molecule has 0 spiro atoms. The SMILES string of the molecule is CCCCCC1COCCO1.CCCCOc1cc2ccc1=2. The van der Waals surface area contributed by atoms with Crippen molar-refractivity contribution in [1.29, 1.82) is 0 Å². The third-order valence-electron chi connectivity index (χ3n) is 4.06. The summed E-state index contributed by atoms with van der Waals surface area (Å²) >= 11 is 0. The molecule has 3 aliphatic rings. The van der Waals surface area contributed by atoms with Crippen LogP contribution in [0.4, 0.5) is 0 Å². The molecule has 0 radical (unpaired) electrons. The summed E-state index contributed by atoms with van der Waals surface area (Å²) < 4.78 is 16.3. The maximum absolute atomic E-state index is 5.50. The van der Waals surface area contributed by atoms with E-state index in [-0.39, 0.29) is 0 Å². The van der Waals surface area contributed by atoms with Crippen LogP contribution < -0.4 is 4.74 Å². The van der Waals surface area contributed by atoms with E-state index in [9.17, 15) is 0 Å². The lowest BCUT2D eigenvalue weighted by atomic mass is 10.1. The van der Waals surface area contributed by atoms with E-state index in [0.717, 1.165) is 38.6 Å². The fraction of sp³-hybridized carbons (Fsp3) is 0.684. The first kappa shape index (κ1) is 17.3. The first-order valence-corrected chi connectivity index (χ1v) is 8.81. The van der Waals surface area contributed by atoms with Gasteiger partial charge in [0, 0.05) is 5.22 Å². The van der Waals surface area contributed by atoms with Gasteiger partial charge < -0.3 is 14.2 Å². The van der Waals surface area contributed by atoms with Gasteiger partial charge in [-0.05, 0) is 24.1 Å². The van der Waals surface area contributed by atoms with Gasteiger partial charge in [-0.1, -0.05) is 51.7 Å². The molecule has 124 valence electrons. The second-order valence-corrected chi connectivity index (χ2v) is 5.98. The fourth-order valence-electron chi connectivity index (χ4n) is 2.53. The van der Waals surface area contributed by atoms with Crippen molar-refractivity contribution in [3.63, 3.8) is 0 Å². The van der Waals surface area contributed by atoms with Gasteiger partial charge in [0.25, 0.3) is 0 Å². The molecule has 1 atom stereocenters. The van der Waals surface area contributed by atoms with Crippen LogP contribution in [-0.4, -0.2) is 32.5 Å². The van der Waals surface area contributed by atoms with Crippen molar-refractivity contribution in [3.8, 4) is 5.75 Å². The summed E-state index contributed by atoms with van der Waals surface area (Å²) in [6, 6.07) is 6.32. The van der Waals surface area contributed by atoms with E-state index in [0.29, 0.717) is 6.10 Å². The molecule has 1 unspecified atom stereocenters. The minimum atomic E-state index is 0.385. The van der Waals surface area contributed by atoms with Crippen molar-refractivity contribution < 1.29 is 14.2 Å². The van der Waals surface area contributed by atoms with Gasteiger partial charge in [-0.2, -0.15) is 0 Å². The second kappa shape index (κ2) is 9.86. The van der Waals surface area contributed by atoms with E-state index < -0.39 is 0 Å². The van der Waals surface area contributed by atoms with Gasteiger partial charge in [0.1, 0.15) is 5.75 Å². The smallest absolute Gasteiger partial charge is 0.127 e. The molecule has 0 N–H and O–H groups in total. The topological polar surface area (TPSA) is 27.7 Å². The molecule has 0 bridgehead atoms. The number of hydrogen-bond acceptors (Lipinski definition) is 3. The Hall–Kier alpha value is -1.06. The number of ether oxygens (including phenoxy) is 3. The van der Waals surface area contributed by atoms with Gasteiger partial charge in [-0.3, -0.25) is 0 Å². The van der Waals surface area contributed by atoms with Gasteiger partial charge in [0.05, 0.1) is 32.5 Å². The molecule has 0 saturated carbocycles. The molecule has 0 amide bonds. The summed E-state index contributed by atoms with van der Waals surface area (Å²) in [4.78, 5) is 0. The first-order chi connectivity index (χ1) is 10.8. The maximum Gasteiger partial charge on any atom is 0.127 e. The van der Waals surface area contributed by atoms with E-state index in [4.69, 9.17) is 14.2 Å². The molecule has 1 saturated heterocycles. The molecule has 3 heteroatoms. The zero-order valence-electron chi connectivity index (χ0n) is 14.1. The van der Waals surface area contributed by atoms with Crippen LogP contribution in [0.5, 0.6) is 5.75 Å². The Morgan fingerprint density at radius 1 is 1.09 bits per heavy atom. The summed E-state index contributed by atoms with van der Waals surface area (Å²) in [7, 11) is 0. The van der Waals surface area contributed by atoms with Gasteiger partial charge in [0.15, 0.2) is 0 Å². The standard InChI is InChI=1S/C10H12O.C9H18O2/c1-2-3-6-11-10-7-8-4-5-9(8)10;1-2-3-4-5-9-8-10-6-7-11-9/h4-5,7H,2-3,6H2,1H3;9H,2-8H2,1H3. The molecule has 3 nitrogen and oxygen atoms in total. The van der Waals surface area contributed by atoms with Crippen LogP contribution in [0.15, 0.2) is 18.2 Å². The van der Waals surface area contributed by atoms with E-state index in [1.54, 1.807) is 0 Å². The number of rotatable bonds is 8. The Morgan fingerprint density at radius 3 is 2.50 bits per heavy atom. The molecule has 1 heterocycles. The second-order valence-electron chi connectivity index (χ2n) is 5.98. The summed E-state index contributed by atoms with van der Waals surface area (Å²) in [5, 5.41) is 2.68. The summed E-state index contributed by atoms with van der Waals surface area (Å²) in [5.74, 6) is 1.09. The number of hydrogen-bond donors (Lipinski definition) is 0. The highest BCUT2D eigenvalue weighted by atomic mass is 16.6. The molecule has 22 heavy (non-hydrogen) atoms. The molecule has 2 aliphatic carbocycles. The molecule has 0 aromatic carbocycles. The van der Waals surface area contributed by atoms with E-state index in [1.807, 2.05) is 0 Å². The predicted molar refractivity (Wildman–Crippen MR) is 89.2 cm³/mol. The molecule has 0 aromatic rings. The van der Waals surface area contributed by atoms with Gasteiger partial charge in [-0.15, -0.1) is 0 Å². The first-order valence-electron chi connectivity index (χ1n) is 8.81. The Balaban J connectivity index is 0.000000160. The van der Waals surface area contributed by atoms with Crippen LogP contribution in [0.3, 0.4) is 0 Å². The largest absolute Gasteiger partial charge is 0.493 e. The third-order valence-corrected chi connectivity index (χ3v) is 4.06. The van der Waals surface area contributed by atoms with E-state index in [1.165, 1.54) is 42.5 Å². The minimum absolute atomic E-state index is 0.385. The molecular formula is C19H30O3. The van der Waals surface area contributed by atoms with Gasteiger partial charge in [-0.25, -0.2) is 0 Å². The van der Waals surface area contributed by atoms with Crippen molar-refractivity contribution in [2.75, 3.05) is 26.4 Å². The maximum atomic E-state index is 5.50. The van der Waals surface area contributed by atoms with Crippen molar-refractivity contribution in [2.45, 2.75) is 58.5 Å². The molecule has 0 aromatic heterocycles. The highest BCUT2D eigenvalue weighted by Gasteiger charge is 2.12. The molecular weight excluding hydrogens is 276 g/mol. The highest BCUT2D eigenvalue weighted by Crippen LogP contribution is 2.23. The normalized spacial score (nSPS) is 18.4. The van der Waals surface area contributed by atoms with Crippen LogP contribution in [0.1, 0.15) is 52.4 Å². The van der Waals surface area contributed by atoms with Crippen molar-refractivity contribution in [1.82, 2.24) is 0 Å². The summed E-state index contributed by atoms with van der Waals surface area (Å²) in [5.41, 5.74) is 0. The molecule has 1 aliphatic heterocycles. The fourth-order valence-corrected chi connectivity index (χ4v) is 2.53. The van der Waals surface area contributed by atoms with Crippen molar-refractivity contribution >= 4 is 0 Å². The monoisotopic (exact) mass is 306 g/mol. The number of benzene rings is 1. The van der Waals surface area contributed by atoms with E-state index >= 15 is 0 Å².